The van der Waals surface area contributed by atoms with Crippen LogP contribution in [-0.2, 0) is 11.6 Å². The molecule has 0 saturated heterocycles. The molecular formula is C18H20F8. The zero-order valence-electron chi connectivity index (χ0n) is 14.5. The maximum atomic E-state index is 13.0. The van der Waals surface area contributed by atoms with Crippen molar-refractivity contribution in [1.82, 2.24) is 0 Å². The van der Waals surface area contributed by atoms with Crippen LogP contribution in [0.3, 0.4) is 0 Å². The molecule has 0 radical (unpaired) electrons. The van der Waals surface area contributed by atoms with Crippen LogP contribution in [0.4, 0.5) is 36.4 Å². The summed E-state index contributed by atoms with van der Waals surface area (Å²) in [6.45, 7) is 6.93. The number of rotatable bonds is 0. The number of benzene rings is 1. The lowest BCUT2D eigenvalue weighted by atomic mass is 9.86. The van der Waals surface area contributed by atoms with E-state index in [1.807, 2.05) is 0 Å². The van der Waals surface area contributed by atoms with Gasteiger partial charge in [-0.25, -0.2) is 4.39 Å². The van der Waals surface area contributed by atoms with Crippen molar-refractivity contribution in [3.8, 4) is 36.0 Å². The summed E-state index contributed by atoms with van der Waals surface area (Å²) in [5.41, 5.74) is -1.09. The first-order valence-electron chi connectivity index (χ1n) is 6.28. The Kier molecular flexibility index (Phi) is 19.5. The van der Waals surface area contributed by atoms with E-state index in [9.17, 15) is 17.6 Å². The predicted molar refractivity (Wildman–Crippen MR) is 90.2 cm³/mol. The second kappa shape index (κ2) is 14.7. The average Bonchev–Trinajstić information content (AvgIpc) is 2.37. The summed E-state index contributed by atoms with van der Waals surface area (Å²) in [6.07, 6.45) is 0.280. The number of hydrogen-bond donors (Lipinski definition) is 0. The first-order valence-corrected chi connectivity index (χ1v) is 6.28. The average molecular weight is 388 g/mol. The van der Waals surface area contributed by atoms with Crippen molar-refractivity contribution in [2.24, 2.45) is 0 Å². The molecule has 8 heteroatoms. The largest absolute Gasteiger partial charge is 0.416 e. The van der Waals surface area contributed by atoms with Crippen molar-refractivity contribution in [3.63, 3.8) is 0 Å². The molecule has 0 spiro atoms. The summed E-state index contributed by atoms with van der Waals surface area (Å²) in [6, 6.07) is 2.63. The van der Waals surface area contributed by atoms with Crippen molar-refractivity contribution in [3.05, 3.63) is 35.1 Å². The number of halogens is 8. The van der Waals surface area contributed by atoms with Gasteiger partial charge in [0.2, 0.25) is 0 Å². The zero-order valence-corrected chi connectivity index (χ0v) is 14.5. The molecule has 0 N–H and O–H groups in total. The Morgan fingerprint density at radius 3 is 1.62 bits per heavy atom. The Hall–Kier alpha value is -2.66. The molecule has 0 amide bonds. The van der Waals surface area contributed by atoms with Gasteiger partial charge in [-0.05, 0) is 59.8 Å². The SMILES string of the molecule is C#CC#CC#CC.CC(C)(C)c1cc(F)cc(C(F)(F)F)c1.F.F.F.F. The summed E-state index contributed by atoms with van der Waals surface area (Å²) >= 11 is 0. The minimum absolute atomic E-state index is 0. The van der Waals surface area contributed by atoms with Crippen LogP contribution in [0.15, 0.2) is 18.2 Å². The molecule has 0 unspecified atom stereocenters. The molecule has 1 aromatic rings. The third-order valence-electron chi connectivity index (χ3n) is 2.41. The van der Waals surface area contributed by atoms with Gasteiger partial charge in [0.1, 0.15) is 5.82 Å². The Balaban J connectivity index is -0.000000118. The van der Waals surface area contributed by atoms with E-state index in [2.05, 4.69) is 29.6 Å². The van der Waals surface area contributed by atoms with E-state index in [4.69, 9.17) is 6.42 Å². The van der Waals surface area contributed by atoms with Crippen molar-refractivity contribution in [2.45, 2.75) is 39.3 Å². The molecule has 0 nitrogen and oxygen atoms in total. The Morgan fingerprint density at radius 2 is 1.27 bits per heavy atom. The van der Waals surface area contributed by atoms with Gasteiger partial charge < -0.3 is 0 Å². The minimum Gasteiger partial charge on any atom is -0.269 e. The van der Waals surface area contributed by atoms with E-state index in [-0.39, 0.29) is 18.8 Å². The standard InChI is InChI=1S/C11H12F4.C7H4.4FH/c1-10(2,3)7-4-8(11(13,14)15)6-9(12)5-7;1-3-5-7-6-4-2;;;;/h4-6H,1-3H3;1H,2H3;4*1H. The van der Waals surface area contributed by atoms with Gasteiger partial charge >= 0.3 is 6.18 Å². The first kappa shape index (κ1) is 34.6. The molecular weight excluding hydrogens is 368 g/mol. The van der Waals surface area contributed by atoms with Crippen molar-refractivity contribution >= 4 is 0 Å². The summed E-state index contributed by atoms with van der Waals surface area (Å²) in [5.74, 6) is 11.2. The van der Waals surface area contributed by atoms with Crippen LogP contribution in [0.1, 0.15) is 38.8 Å². The van der Waals surface area contributed by atoms with Gasteiger partial charge in [0.15, 0.2) is 0 Å². The molecule has 0 heterocycles. The lowest BCUT2D eigenvalue weighted by Gasteiger charge is -2.20. The van der Waals surface area contributed by atoms with Crippen LogP contribution in [0.2, 0.25) is 0 Å². The van der Waals surface area contributed by atoms with E-state index >= 15 is 0 Å². The molecule has 0 saturated carbocycles. The van der Waals surface area contributed by atoms with Crippen LogP contribution in [0.25, 0.3) is 0 Å². The normalized spacial score (nSPS) is 8.42. The lowest BCUT2D eigenvalue weighted by molar-refractivity contribution is -0.137. The molecule has 0 aliphatic carbocycles. The van der Waals surface area contributed by atoms with Crippen molar-refractivity contribution in [1.29, 1.82) is 0 Å². The first-order chi connectivity index (χ1) is 10.0. The second-order valence-corrected chi connectivity index (χ2v) is 5.25. The Bertz CT molecular complexity index is 636. The van der Waals surface area contributed by atoms with Gasteiger partial charge in [0.05, 0.1) is 5.56 Å². The van der Waals surface area contributed by atoms with Gasteiger partial charge in [-0.15, -0.1) is 6.42 Å². The molecule has 0 atom stereocenters. The molecule has 0 fully saturated rings. The molecule has 1 aromatic carbocycles. The monoisotopic (exact) mass is 388 g/mol. The number of terminal acetylenes is 1. The molecule has 148 valence electrons. The third kappa shape index (κ3) is 13.7. The minimum atomic E-state index is -4.50. The summed E-state index contributed by atoms with van der Waals surface area (Å²) in [5, 5.41) is 0. The second-order valence-electron chi connectivity index (χ2n) is 5.25. The van der Waals surface area contributed by atoms with Crippen molar-refractivity contribution in [2.75, 3.05) is 0 Å². The van der Waals surface area contributed by atoms with E-state index < -0.39 is 23.0 Å². The van der Waals surface area contributed by atoms with Crippen LogP contribution in [-0.4, -0.2) is 0 Å². The molecule has 0 aromatic heterocycles. The highest BCUT2D eigenvalue weighted by molar-refractivity contribution is 5.33. The van der Waals surface area contributed by atoms with Gasteiger partial charge in [-0.2, -0.15) is 13.2 Å². The summed E-state index contributed by atoms with van der Waals surface area (Å²) < 4.78 is 50.1. The fourth-order valence-corrected chi connectivity index (χ4v) is 1.32. The third-order valence-corrected chi connectivity index (χ3v) is 2.41. The number of alkyl halides is 3. The summed E-state index contributed by atoms with van der Waals surface area (Å²) in [7, 11) is 0. The van der Waals surface area contributed by atoms with Crippen LogP contribution in [0.5, 0.6) is 0 Å². The topological polar surface area (TPSA) is 0 Å². The smallest absolute Gasteiger partial charge is 0.269 e. The highest BCUT2D eigenvalue weighted by atomic mass is 19.4. The molecule has 0 aliphatic heterocycles. The highest BCUT2D eigenvalue weighted by Gasteiger charge is 2.32. The molecule has 0 bridgehead atoms. The maximum Gasteiger partial charge on any atom is 0.416 e. The maximum absolute atomic E-state index is 13.0. The zero-order chi connectivity index (χ0) is 17.4. The van der Waals surface area contributed by atoms with Crippen LogP contribution < -0.4 is 0 Å². The van der Waals surface area contributed by atoms with E-state index in [1.165, 1.54) is 0 Å². The van der Waals surface area contributed by atoms with Gasteiger partial charge in [0, 0.05) is 0 Å². The molecule has 0 aliphatic rings. The number of hydrogen-bond acceptors (Lipinski definition) is 0. The fourth-order valence-electron chi connectivity index (χ4n) is 1.32. The quantitative estimate of drug-likeness (QED) is 0.413. The van der Waals surface area contributed by atoms with Gasteiger partial charge in [-0.3, -0.25) is 18.8 Å². The van der Waals surface area contributed by atoms with Crippen LogP contribution in [0, 0.1) is 41.8 Å². The van der Waals surface area contributed by atoms with Gasteiger partial charge in [0.25, 0.3) is 0 Å². The van der Waals surface area contributed by atoms with Crippen molar-refractivity contribution < 1.29 is 36.4 Å². The van der Waals surface area contributed by atoms with E-state index in [0.717, 1.165) is 12.1 Å². The molecule has 1 rings (SSSR count). The fraction of sp³-hybridized carbons (Fsp3) is 0.333. The Labute approximate surface area is 147 Å². The highest BCUT2D eigenvalue weighted by Crippen LogP contribution is 2.33. The van der Waals surface area contributed by atoms with Crippen LogP contribution >= 0.6 is 0 Å². The lowest BCUT2D eigenvalue weighted by Crippen LogP contribution is -2.14. The van der Waals surface area contributed by atoms with E-state index in [0.29, 0.717) is 11.6 Å². The molecule has 26 heavy (non-hydrogen) atoms. The van der Waals surface area contributed by atoms with E-state index in [1.54, 1.807) is 27.7 Å². The Morgan fingerprint density at radius 1 is 0.808 bits per heavy atom. The van der Waals surface area contributed by atoms with Gasteiger partial charge in [-0.1, -0.05) is 26.7 Å². The summed E-state index contributed by atoms with van der Waals surface area (Å²) in [4.78, 5) is 0. The predicted octanol–water partition coefficient (Wildman–Crippen LogP) is 5.40.